The highest BCUT2D eigenvalue weighted by Crippen LogP contribution is 2.25. The van der Waals surface area contributed by atoms with E-state index in [0.29, 0.717) is 12.5 Å². The predicted octanol–water partition coefficient (Wildman–Crippen LogP) is 5.48. The van der Waals surface area contributed by atoms with Gasteiger partial charge in [-0.15, -0.1) is 0 Å². The number of hydrogen-bond donors (Lipinski definition) is 3. The van der Waals surface area contributed by atoms with Crippen molar-refractivity contribution in [3.05, 3.63) is 60.4 Å². The molecular formula is C25H31N7. The average molecular weight is 430 g/mol. The van der Waals surface area contributed by atoms with E-state index in [4.69, 9.17) is 15.7 Å². The van der Waals surface area contributed by atoms with Crippen molar-refractivity contribution in [3.63, 3.8) is 0 Å². The summed E-state index contributed by atoms with van der Waals surface area (Å²) in [6, 6.07) is 16.9. The lowest BCUT2D eigenvalue weighted by Crippen LogP contribution is -2.17. The Morgan fingerprint density at radius 1 is 1.00 bits per heavy atom. The molecule has 0 spiro atoms. The Kier molecular flexibility index (Phi) is 6.25. The van der Waals surface area contributed by atoms with Gasteiger partial charge in [0.25, 0.3) is 0 Å². The molecule has 4 N–H and O–H groups in total. The molecule has 2 aromatic heterocycles. The van der Waals surface area contributed by atoms with Crippen LogP contribution in [0.4, 0.5) is 17.5 Å². The summed E-state index contributed by atoms with van der Waals surface area (Å²) in [5.41, 5.74) is 11.7. The summed E-state index contributed by atoms with van der Waals surface area (Å²) >= 11 is 0. The summed E-state index contributed by atoms with van der Waals surface area (Å²) in [7, 11) is 0. The summed E-state index contributed by atoms with van der Waals surface area (Å²) in [4.78, 5) is 14.1. The predicted molar refractivity (Wildman–Crippen MR) is 133 cm³/mol. The van der Waals surface area contributed by atoms with Crippen molar-refractivity contribution in [2.24, 2.45) is 0 Å². The molecule has 2 aromatic carbocycles. The first-order chi connectivity index (χ1) is 15.4. The van der Waals surface area contributed by atoms with Crippen LogP contribution in [0.15, 0.2) is 54.9 Å². The van der Waals surface area contributed by atoms with Gasteiger partial charge in [-0.1, -0.05) is 43.3 Å². The number of nitrogens with one attached hydrogen (secondary N) is 2. The molecule has 0 amide bonds. The minimum atomic E-state index is 0.263. The van der Waals surface area contributed by atoms with Gasteiger partial charge in [0, 0.05) is 24.3 Å². The minimum absolute atomic E-state index is 0.263. The van der Waals surface area contributed by atoms with Gasteiger partial charge in [0.05, 0.1) is 6.33 Å². The molecule has 0 radical (unpaired) electrons. The van der Waals surface area contributed by atoms with Gasteiger partial charge in [0.2, 0.25) is 5.95 Å². The first-order valence-corrected chi connectivity index (χ1v) is 11.1. The van der Waals surface area contributed by atoms with E-state index in [1.54, 1.807) is 0 Å². The maximum Gasteiger partial charge on any atom is 0.226 e. The fourth-order valence-corrected chi connectivity index (χ4v) is 3.52. The zero-order valence-corrected chi connectivity index (χ0v) is 19.1. The van der Waals surface area contributed by atoms with Crippen molar-refractivity contribution in [3.8, 4) is 11.1 Å². The Hall–Kier alpha value is -3.61. The molecule has 7 heteroatoms. The number of nitrogen functional groups attached to an aromatic ring is 1. The van der Waals surface area contributed by atoms with E-state index >= 15 is 0 Å². The Labute approximate surface area is 189 Å². The van der Waals surface area contributed by atoms with Gasteiger partial charge >= 0.3 is 0 Å². The first-order valence-electron chi connectivity index (χ1n) is 11.1. The van der Waals surface area contributed by atoms with E-state index in [-0.39, 0.29) is 12.1 Å². The van der Waals surface area contributed by atoms with Crippen molar-refractivity contribution in [2.45, 2.75) is 52.7 Å². The third-order valence-electron chi connectivity index (χ3n) is 5.60. The molecule has 0 saturated carbocycles. The van der Waals surface area contributed by atoms with E-state index in [2.05, 4.69) is 78.2 Å². The molecule has 0 saturated heterocycles. The molecule has 166 valence electrons. The number of nitrogens with zero attached hydrogens (tertiary/aromatic N) is 4. The maximum atomic E-state index is 5.92. The van der Waals surface area contributed by atoms with Crippen LogP contribution in [-0.2, 0) is 6.54 Å². The number of imidazole rings is 1. The average Bonchev–Trinajstić information content (AvgIpc) is 3.22. The smallest absolute Gasteiger partial charge is 0.226 e. The van der Waals surface area contributed by atoms with Crippen LogP contribution >= 0.6 is 0 Å². The van der Waals surface area contributed by atoms with E-state index in [9.17, 15) is 0 Å². The van der Waals surface area contributed by atoms with Crippen LogP contribution in [0.5, 0.6) is 0 Å². The largest absolute Gasteiger partial charge is 0.399 e. The number of nitrogens with two attached hydrogens (primary N) is 1. The molecule has 0 unspecified atom stereocenters. The van der Waals surface area contributed by atoms with Gasteiger partial charge in [-0.25, -0.2) is 4.98 Å². The number of benzene rings is 2. The molecule has 0 aliphatic carbocycles. The lowest BCUT2D eigenvalue weighted by molar-refractivity contribution is 0.612. The highest BCUT2D eigenvalue weighted by atomic mass is 15.2. The normalized spacial score (nSPS) is 12.3. The van der Waals surface area contributed by atoms with E-state index in [0.717, 1.165) is 45.8 Å². The summed E-state index contributed by atoms with van der Waals surface area (Å²) in [5, 5.41) is 6.86. The summed E-state index contributed by atoms with van der Waals surface area (Å²) in [6.07, 6.45) is 2.83. The topological polar surface area (TPSA) is 93.7 Å². The Morgan fingerprint density at radius 2 is 1.78 bits per heavy atom. The van der Waals surface area contributed by atoms with Crippen molar-refractivity contribution < 1.29 is 0 Å². The van der Waals surface area contributed by atoms with Crippen molar-refractivity contribution in [1.29, 1.82) is 0 Å². The molecule has 1 atom stereocenters. The number of fused-ring (bicyclic) bond motifs is 1. The summed E-state index contributed by atoms with van der Waals surface area (Å²) in [5.74, 6) is 1.36. The van der Waals surface area contributed by atoms with Gasteiger partial charge < -0.3 is 20.9 Å². The molecule has 2 heterocycles. The van der Waals surface area contributed by atoms with Crippen LogP contribution in [0.25, 0.3) is 22.3 Å². The van der Waals surface area contributed by atoms with Crippen molar-refractivity contribution >= 4 is 28.6 Å². The summed E-state index contributed by atoms with van der Waals surface area (Å²) in [6.45, 7) is 9.16. The number of aromatic nitrogens is 4. The second kappa shape index (κ2) is 9.26. The molecule has 4 aromatic rings. The van der Waals surface area contributed by atoms with Crippen LogP contribution in [0, 0.1) is 0 Å². The standard InChI is InChI=1S/C25H31N7/c1-5-17(4)29-25-30-23(22-24(31-25)32(15-28-22)16(2)3)27-14-18-9-11-19(12-10-18)20-7-6-8-21(26)13-20/h6-13,15-17H,5,14,26H2,1-4H3,(H2,27,29,30,31)/t17-/m0/s1. The second-order valence-electron chi connectivity index (χ2n) is 8.44. The molecule has 0 aliphatic heterocycles. The molecule has 7 nitrogen and oxygen atoms in total. The third-order valence-corrected chi connectivity index (χ3v) is 5.60. The highest BCUT2D eigenvalue weighted by Gasteiger charge is 2.15. The van der Waals surface area contributed by atoms with Crippen LogP contribution in [-0.4, -0.2) is 25.6 Å². The number of rotatable bonds is 8. The van der Waals surface area contributed by atoms with Crippen molar-refractivity contribution in [1.82, 2.24) is 19.5 Å². The Balaban J connectivity index is 1.58. The molecule has 4 rings (SSSR count). The second-order valence-corrected chi connectivity index (χ2v) is 8.44. The van der Waals surface area contributed by atoms with Gasteiger partial charge in [0.15, 0.2) is 17.0 Å². The fourth-order valence-electron chi connectivity index (χ4n) is 3.52. The summed E-state index contributed by atoms with van der Waals surface area (Å²) < 4.78 is 2.07. The van der Waals surface area contributed by atoms with Crippen LogP contribution < -0.4 is 16.4 Å². The Morgan fingerprint density at radius 3 is 2.47 bits per heavy atom. The van der Waals surface area contributed by atoms with Crippen LogP contribution in [0.1, 0.15) is 45.7 Å². The van der Waals surface area contributed by atoms with Gasteiger partial charge in [0.1, 0.15) is 0 Å². The molecule has 0 aliphatic rings. The minimum Gasteiger partial charge on any atom is -0.399 e. The molecule has 0 bridgehead atoms. The SMILES string of the molecule is CC[C@H](C)Nc1nc(NCc2ccc(-c3cccc(N)c3)cc2)c2ncn(C(C)C)c2n1. The zero-order chi connectivity index (χ0) is 22.7. The van der Waals surface area contributed by atoms with Gasteiger partial charge in [-0.2, -0.15) is 9.97 Å². The lowest BCUT2D eigenvalue weighted by atomic mass is 10.0. The van der Waals surface area contributed by atoms with E-state index in [1.807, 2.05) is 24.5 Å². The zero-order valence-electron chi connectivity index (χ0n) is 19.1. The van der Waals surface area contributed by atoms with E-state index in [1.165, 1.54) is 0 Å². The number of anilines is 3. The van der Waals surface area contributed by atoms with Crippen LogP contribution in [0.2, 0.25) is 0 Å². The maximum absolute atomic E-state index is 5.92. The fraction of sp³-hybridized carbons (Fsp3) is 0.320. The quantitative estimate of drug-likeness (QED) is 0.321. The molecule has 0 fully saturated rings. The Bertz CT molecular complexity index is 1190. The highest BCUT2D eigenvalue weighted by molar-refractivity contribution is 5.84. The third kappa shape index (κ3) is 4.66. The van der Waals surface area contributed by atoms with Crippen LogP contribution in [0.3, 0.4) is 0 Å². The van der Waals surface area contributed by atoms with E-state index < -0.39 is 0 Å². The monoisotopic (exact) mass is 429 g/mol. The molecular weight excluding hydrogens is 398 g/mol. The number of hydrogen-bond acceptors (Lipinski definition) is 6. The van der Waals surface area contributed by atoms with Crippen molar-refractivity contribution in [2.75, 3.05) is 16.4 Å². The molecule has 32 heavy (non-hydrogen) atoms. The first kappa shape index (κ1) is 21.6. The lowest BCUT2D eigenvalue weighted by Gasteiger charge is -2.15. The van der Waals surface area contributed by atoms with Gasteiger partial charge in [-0.3, -0.25) is 0 Å². The van der Waals surface area contributed by atoms with Gasteiger partial charge in [-0.05, 0) is 56.0 Å².